The molecule has 0 saturated carbocycles. The number of benzene rings is 1. The van der Waals surface area contributed by atoms with Crippen LogP contribution in [0.3, 0.4) is 0 Å². The van der Waals surface area contributed by atoms with Crippen LogP contribution < -0.4 is 20.1 Å². The molecule has 0 unspecified atom stereocenters. The minimum Gasteiger partial charge on any atom is -0.497 e. The predicted octanol–water partition coefficient (Wildman–Crippen LogP) is 1.53. The maximum atomic E-state index is 11.7. The van der Waals surface area contributed by atoms with Gasteiger partial charge in [0.15, 0.2) is 0 Å². The molecule has 0 atom stereocenters. The summed E-state index contributed by atoms with van der Waals surface area (Å²) in [6.07, 6.45) is 0. The van der Waals surface area contributed by atoms with Gasteiger partial charge in [-0.2, -0.15) is 0 Å². The van der Waals surface area contributed by atoms with Gasteiger partial charge in [-0.15, -0.1) is 0 Å². The first-order chi connectivity index (χ1) is 11.6. The Morgan fingerprint density at radius 3 is 2.42 bits per heavy atom. The largest absolute Gasteiger partial charge is 0.497 e. The Bertz CT molecular complexity index is 701. The molecule has 0 aliphatic heterocycles. The number of carbonyl (C=O) groups excluding carboxylic acids is 2. The van der Waals surface area contributed by atoms with Crippen molar-refractivity contribution >= 4 is 17.6 Å². The summed E-state index contributed by atoms with van der Waals surface area (Å²) in [6, 6.07) is 12.2. The fraction of sp³-hybridized carbons (Fsp3) is 0.235. The Hall–Kier alpha value is -3.09. The van der Waals surface area contributed by atoms with E-state index in [4.69, 9.17) is 9.47 Å². The lowest BCUT2D eigenvalue weighted by Gasteiger charge is -2.08. The minimum absolute atomic E-state index is 0.208. The first-order valence-corrected chi connectivity index (χ1v) is 7.38. The summed E-state index contributed by atoms with van der Waals surface area (Å²) >= 11 is 0. The average molecular weight is 329 g/mol. The van der Waals surface area contributed by atoms with Gasteiger partial charge >= 0.3 is 11.8 Å². The zero-order chi connectivity index (χ0) is 17.4. The van der Waals surface area contributed by atoms with Gasteiger partial charge in [-0.3, -0.25) is 9.59 Å². The van der Waals surface area contributed by atoms with E-state index in [1.807, 2.05) is 0 Å². The second kappa shape index (κ2) is 8.52. The number of methoxy groups -OCH3 is 1. The maximum Gasteiger partial charge on any atom is 0.314 e. The SMILES string of the molecule is COc1ccc(OCCNC(=O)C(=O)Nc2cccc(C)n2)cc1. The average Bonchev–Trinajstić information content (AvgIpc) is 2.59. The van der Waals surface area contributed by atoms with Gasteiger partial charge in [0.05, 0.1) is 13.7 Å². The molecule has 0 aliphatic carbocycles. The van der Waals surface area contributed by atoms with Crippen LogP contribution in [0.5, 0.6) is 11.5 Å². The Morgan fingerprint density at radius 1 is 1.04 bits per heavy atom. The van der Waals surface area contributed by atoms with Crippen LogP contribution in [-0.2, 0) is 9.59 Å². The molecule has 126 valence electrons. The number of rotatable bonds is 6. The second-order valence-electron chi connectivity index (χ2n) is 4.90. The van der Waals surface area contributed by atoms with Gasteiger partial charge in [0, 0.05) is 5.69 Å². The number of hydrogen-bond donors (Lipinski definition) is 2. The molecule has 1 aromatic carbocycles. The van der Waals surface area contributed by atoms with Crippen LogP contribution in [0, 0.1) is 6.92 Å². The van der Waals surface area contributed by atoms with E-state index in [2.05, 4.69) is 15.6 Å². The van der Waals surface area contributed by atoms with E-state index in [0.717, 1.165) is 11.4 Å². The molecule has 24 heavy (non-hydrogen) atoms. The summed E-state index contributed by atoms with van der Waals surface area (Å²) in [5.41, 5.74) is 0.751. The van der Waals surface area contributed by atoms with Gasteiger partial charge in [0.1, 0.15) is 23.9 Å². The van der Waals surface area contributed by atoms with E-state index in [9.17, 15) is 9.59 Å². The molecular formula is C17H19N3O4. The van der Waals surface area contributed by atoms with Crippen LogP contribution in [0.15, 0.2) is 42.5 Å². The first-order valence-electron chi connectivity index (χ1n) is 7.38. The fourth-order valence-corrected chi connectivity index (χ4v) is 1.87. The van der Waals surface area contributed by atoms with Crippen molar-refractivity contribution in [2.75, 3.05) is 25.6 Å². The number of ether oxygens (including phenoxy) is 2. The van der Waals surface area contributed by atoms with Crippen molar-refractivity contribution in [1.29, 1.82) is 0 Å². The van der Waals surface area contributed by atoms with E-state index in [0.29, 0.717) is 11.6 Å². The van der Waals surface area contributed by atoms with Gasteiger partial charge < -0.3 is 20.1 Å². The molecule has 1 heterocycles. The Labute approximate surface area is 140 Å². The lowest BCUT2D eigenvalue weighted by Crippen LogP contribution is -2.37. The predicted molar refractivity (Wildman–Crippen MR) is 89.1 cm³/mol. The molecule has 2 rings (SSSR count). The second-order valence-corrected chi connectivity index (χ2v) is 4.90. The van der Waals surface area contributed by atoms with Gasteiger partial charge in [-0.05, 0) is 43.3 Å². The molecule has 0 radical (unpaired) electrons. The minimum atomic E-state index is -0.766. The third-order valence-corrected chi connectivity index (χ3v) is 3.05. The number of aromatic nitrogens is 1. The van der Waals surface area contributed by atoms with Crippen LogP contribution >= 0.6 is 0 Å². The molecule has 2 amide bonds. The molecular weight excluding hydrogens is 310 g/mol. The van der Waals surface area contributed by atoms with Gasteiger partial charge in [0.2, 0.25) is 0 Å². The number of pyridine rings is 1. The van der Waals surface area contributed by atoms with E-state index in [-0.39, 0.29) is 13.2 Å². The quantitative estimate of drug-likeness (QED) is 0.620. The normalized spacial score (nSPS) is 9.92. The number of carbonyl (C=O) groups is 2. The molecule has 0 fully saturated rings. The van der Waals surface area contributed by atoms with E-state index in [1.54, 1.807) is 56.5 Å². The van der Waals surface area contributed by atoms with E-state index < -0.39 is 11.8 Å². The monoisotopic (exact) mass is 329 g/mol. The van der Waals surface area contributed by atoms with Crippen molar-refractivity contribution in [3.8, 4) is 11.5 Å². The van der Waals surface area contributed by atoms with Crippen molar-refractivity contribution in [3.63, 3.8) is 0 Å². The molecule has 0 aliphatic rings. The molecule has 7 heteroatoms. The highest BCUT2D eigenvalue weighted by atomic mass is 16.5. The highest BCUT2D eigenvalue weighted by Crippen LogP contribution is 2.16. The summed E-state index contributed by atoms with van der Waals surface area (Å²) in [5, 5.41) is 4.92. The van der Waals surface area contributed by atoms with Crippen molar-refractivity contribution < 1.29 is 19.1 Å². The molecule has 2 aromatic rings. The smallest absolute Gasteiger partial charge is 0.314 e. The highest BCUT2D eigenvalue weighted by molar-refractivity contribution is 6.39. The Balaban J connectivity index is 1.71. The van der Waals surface area contributed by atoms with E-state index >= 15 is 0 Å². The maximum absolute atomic E-state index is 11.7. The summed E-state index contributed by atoms with van der Waals surface area (Å²) < 4.78 is 10.5. The first kappa shape index (κ1) is 17.3. The standard InChI is InChI=1S/C17H19N3O4/c1-12-4-3-5-15(19-12)20-17(22)16(21)18-10-11-24-14-8-6-13(23-2)7-9-14/h3-9H,10-11H2,1-2H3,(H,18,21)(H,19,20,22). The molecule has 0 bridgehead atoms. The number of hydrogen-bond acceptors (Lipinski definition) is 5. The fourth-order valence-electron chi connectivity index (χ4n) is 1.87. The molecule has 2 N–H and O–H groups in total. The van der Waals surface area contributed by atoms with Crippen LogP contribution in [-0.4, -0.2) is 37.1 Å². The molecule has 7 nitrogen and oxygen atoms in total. The van der Waals surface area contributed by atoms with Crippen molar-refractivity contribution in [2.45, 2.75) is 6.92 Å². The zero-order valence-electron chi connectivity index (χ0n) is 13.5. The van der Waals surface area contributed by atoms with E-state index in [1.165, 1.54) is 0 Å². The third kappa shape index (κ3) is 5.28. The van der Waals surface area contributed by atoms with Crippen molar-refractivity contribution in [1.82, 2.24) is 10.3 Å². The Morgan fingerprint density at radius 2 is 1.75 bits per heavy atom. The van der Waals surface area contributed by atoms with Crippen molar-refractivity contribution in [3.05, 3.63) is 48.2 Å². The topological polar surface area (TPSA) is 89.5 Å². The summed E-state index contributed by atoms with van der Waals surface area (Å²) in [7, 11) is 1.59. The van der Waals surface area contributed by atoms with Crippen molar-refractivity contribution in [2.24, 2.45) is 0 Å². The Kier molecular flexibility index (Phi) is 6.13. The van der Waals surface area contributed by atoms with Gasteiger partial charge in [-0.25, -0.2) is 4.98 Å². The number of aryl methyl sites for hydroxylation is 1. The lowest BCUT2D eigenvalue weighted by molar-refractivity contribution is -0.136. The van der Waals surface area contributed by atoms with Crippen LogP contribution in [0.1, 0.15) is 5.69 Å². The van der Waals surface area contributed by atoms with Crippen LogP contribution in [0.4, 0.5) is 5.82 Å². The molecule has 0 spiro atoms. The van der Waals surface area contributed by atoms with Crippen LogP contribution in [0.2, 0.25) is 0 Å². The van der Waals surface area contributed by atoms with Gasteiger partial charge in [0.25, 0.3) is 0 Å². The summed E-state index contributed by atoms with van der Waals surface area (Å²) in [6.45, 7) is 2.25. The molecule has 1 aromatic heterocycles. The zero-order valence-corrected chi connectivity index (χ0v) is 13.5. The third-order valence-electron chi connectivity index (χ3n) is 3.05. The lowest BCUT2D eigenvalue weighted by atomic mass is 10.3. The number of amides is 2. The highest BCUT2D eigenvalue weighted by Gasteiger charge is 2.13. The number of nitrogens with one attached hydrogen (secondary N) is 2. The van der Waals surface area contributed by atoms with Gasteiger partial charge in [-0.1, -0.05) is 6.07 Å². The number of nitrogens with zero attached hydrogens (tertiary/aromatic N) is 1. The summed E-state index contributed by atoms with van der Waals surface area (Å²) in [5.74, 6) is 0.217. The van der Waals surface area contributed by atoms with Crippen LogP contribution in [0.25, 0.3) is 0 Å². The summed E-state index contributed by atoms with van der Waals surface area (Å²) in [4.78, 5) is 27.5. The molecule has 0 saturated heterocycles. The number of anilines is 1.